The van der Waals surface area contributed by atoms with E-state index in [4.69, 9.17) is 24.7 Å². The number of amides is 1. The highest BCUT2D eigenvalue weighted by Gasteiger charge is 2.20. The molecule has 1 heterocycles. The van der Waals surface area contributed by atoms with E-state index in [1.54, 1.807) is 36.4 Å². The van der Waals surface area contributed by atoms with Gasteiger partial charge in [-0.3, -0.25) is 9.35 Å². The molecule has 49 heavy (non-hydrogen) atoms. The molecule has 1 amide bonds. The average molecular weight is 734 g/mol. The number of carbonyl (C=O) groups is 1. The van der Waals surface area contributed by atoms with Gasteiger partial charge in [0.2, 0.25) is 6.79 Å². The Balaban J connectivity index is 1.36. The van der Waals surface area contributed by atoms with Gasteiger partial charge in [-0.2, -0.15) is 18.6 Å². The Hall–Kier alpha value is -4.68. The Bertz CT molecular complexity index is 2080. The van der Waals surface area contributed by atoms with Gasteiger partial charge in [0.15, 0.2) is 11.4 Å². The summed E-state index contributed by atoms with van der Waals surface area (Å²) in [4.78, 5) is 13.6. The molecule has 21 heteroatoms. The highest BCUT2D eigenvalue weighted by atomic mass is 32.2. The molecule has 0 aromatic heterocycles. The smallest absolute Gasteiger partial charge is 0.295 e. The maximum Gasteiger partial charge on any atom is 0.295 e. The minimum Gasteiger partial charge on any atom is -0.494 e. The number of carbonyl (C=O) groups excluding carboxylic acids is 1. The van der Waals surface area contributed by atoms with Crippen LogP contribution in [0.5, 0.6) is 11.5 Å². The van der Waals surface area contributed by atoms with Crippen LogP contribution in [-0.2, 0) is 38.4 Å². The molecule has 1 aliphatic heterocycles. The third-order valence-corrected chi connectivity index (χ3v) is 8.44. The lowest BCUT2D eigenvalue weighted by molar-refractivity contribution is -0.432. The Morgan fingerprint density at radius 2 is 1.61 bits per heavy atom. The van der Waals surface area contributed by atoms with Crippen LogP contribution in [-0.4, -0.2) is 43.3 Å². The van der Waals surface area contributed by atoms with Gasteiger partial charge in [0.25, 0.3) is 16.0 Å². The van der Waals surface area contributed by atoms with Crippen molar-refractivity contribution in [2.45, 2.75) is 21.6 Å². The van der Waals surface area contributed by atoms with E-state index in [9.17, 15) is 17.8 Å². The summed E-state index contributed by atoms with van der Waals surface area (Å²) in [6.07, 6.45) is 0. The summed E-state index contributed by atoms with van der Waals surface area (Å²) in [5, 5.41) is 43.8. The monoisotopic (exact) mass is 733 g/mol. The average Bonchev–Trinajstić information content (AvgIpc) is 3.16. The highest BCUT2D eigenvalue weighted by molar-refractivity contribution is 7.94. The standard InChI is InChI=1S/C28H23N5O13S3/c1-15-27(33-32-23-12-19(47-45-43-35)6-8-24(23)42-14-41-15)28(34)29-22-7-5-18(11-25(22)40-2)31-30-17-4-3-16-9-20(48-46-44-36)13-26(21(16)10-17)49(37,38)39/h3-13,35-36H,14H2,1-2H3,(H,29,34)(H,37,38,39). The second-order valence-corrected chi connectivity index (χ2v) is 12.4. The summed E-state index contributed by atoms with van der Waals surface area (Å²) in [5.41, 5.74) is 0.913. The first kappa shape index (κ1) is 35.6. The SMILES string of the molecule is COc1cc(N=Nc2ccc3cc(SOOO)cc(S(=O)(=O)O)c3c2)ccc1NC(=O)C1=C(C)OCOc2ccc(SOOO)cc2N=N1. The third kappa shape index (κ3) is 9.07. The van der Waals surface area contributed by atoms with Gasteiger partial charge in [-0.1, -0.05) is 16.1 Å². The van der Waals surface area contributed by atoms with Gasteiger partial charge in [0.1, 0.15) is 22.1 Å². The molecule has 0 spiro atoms. The fourth-order valence-electron chi connectivity index (χ4n) is 4.24. The zero-order chi connectivity index (χ0) is 35.0. The number of hydrogen-bond donors (Lipinski definition) is 4. The van der Waals surface area contributed by atoms with Crippen molar-refractivity contribution in [1.82, 2.24) is 0 Å². The lowest BCUT2D eigenvalue weighted by Gasteiger charge is -2.12. The zero-order valence-electron chi connectivity index (χ0n) is 25.0. The molecule has 0 saturated heterocycles. The van der Waals surface area contributed by atoms with E-state index in [2.05, 4.69) is 44.5 Å². The number of benzene rings is 4. The lowest BCUT2D eigenvalue weighted by Crippen LogP contribution is -2.16. The van der Waals surface area contributed by atoms with Crippen molar-refractivity contribution < 1.29 is 61.2 Å². The van der Waals surface area contributed by atoms with Crippen molar-refractivity contribution in [3.63, 3.8) is 0 Å². The minimum absolute atomic E-state index is 0.125. The number of nitrogens with one attached hydrogen (secondary N) is 1. The molecule has 4 aromatic rings. The molecule has 4 N–H and O–H groups in total. The molecule has 18 nitrogen and oxygen atoms in total. The molecule has 1 aliphatic rings. The van der Waals surface area contributed by atoms with Gasteiger partial charge in [-0.15, -0.1) is 18.9 Å². The largest absolute Gasteiger partial charge is 0.494 e. The number of nitrogens with zero attached hydrogens (tertiary/aromatic N) is 4. The second kappa shape index (κ2) is 16.1. The number of rotatable bonds is 12. The van der Waals surface area contributed by atoms with Crippen LogP contribution in [0.25, 0.3) is 10.8 Å². The molecule has 0 radical (unpaired) electrons. The van der Waals surface area contributed by atoms with E-state index < -0.39 is 20.9 Å². The summed E-state index contributed by atoms with van der Waals surface area (Å²) in [5.74, 6) is -0.0194. The quantitative estimate of drug-likeness (QED) is 0.0359. The Kier molecular flexibility index (Phi) is 11.7. The molecule has 0 saturated carbocycles. The van der Waals surface area contributed by atoms with E-state index in [1.165, 1.54) is 38.3 Å². The van der Waals surface area contributed by atoms with Gasteiger partial charge >= 0.3 is 0 Å². The summed E-state index contributed by atoms with van der Waals surface area (Å²) in [6, 6.07) is 16.5. The Labute approximate surface area is 285 Å². The molecule has 0 fully saturated rings. The van der Waals surface area contributed by atoms with Crippen molar-refractivity contribution in [1.29, 1.82) is 0 Å². The summed E-state index contributed by atoms with van der Waals surface area (Å²) in [7, 11) is -3.27. The Morgan fingerprint density at radius 1 is 0.898 bits per heavy atom. The summed E-state index contributed by atoms with van der Waals surface area (Å²) >= 11 is 1.24. The number of hydrogen-bond acceptors (Lipinski definition) is 18. The van der Waals surface area contributed by atoms with Crippen LogP contribution in [0.15, 0.2) is 113 Å². The number of azo groups is 2. The Morgan fingerprint density at radius 3 is 2.33 bits per heavy atom. The number of anilines is 1. The molecule has 0 aliphatic carbocycles. The maximum absolute atomic E-state index is 13.3. The van der Waals surface area contributed by atoms with E-state index in [0.29, 0.717) is 45.8 Å². The molecule has 5 rings (SSSR count). The van der Waals surface area contributed by atoms with Gasteiger partial charge in [0, 0.05) is 21.2 Å². The zero-order valence-corrected chi connectivity index (χ0v) is 27.4. The summed E-state index contributed by atoms with van der Waals surface area (Å²) in [6.45, 7) is 1.28. The molecular formula is C28H23N5O13S3. The fourth-order valence-corrected chi connectivity index (χ4v) is 5.89. The molecule has 0 bridgehead atoms. The van der Waals surface area contributed by atoms with Gasteiger partial charge < -0.3 is 19.5 Å². The molecule has 0 atom stereocenters. The van der Waals surface area contributed by atoms with Crippen molar-refractivity contribution in [2.24, 2.45) is 20.5 Å². The van der Waals surface area contributed by atoms with E-state index in [-0.39, 0.29) is 51.3 Å². The number of ether oxygens (including phenoxy) is 3. The lowest BCUT2D eigenvalue weighted by atomic mass is 10.1. The second-order valence-electron chi connectivity index (χ2n) is 9.43. The first-order valence-electron chi connectivity index (χ1n) is 13.4. The third-order valence-electron chi connectivity index (χ3n) is 6.41. The van der Waals surface area contributed by atoms with Crippen molar-refractivity contribution in [3.8, 4) is 11.5 Å². The highest BCUT2D eigenvalue weighted by Crippen LogP contribution is 2.37. The van der Waals surface area contributed by atoms with Gasteiger partial charge in [0.05, 0.1) is 48.3 Å². The van der Waals surface area contributed by atoms with Crippen molar-refractivity contribution in [3.05, 3.63) is 78.2 Å². The van der Waals surface area contributed by atoms with Crippen LogP contribution in [0.2, 0.25) is 0 Å². The van der Waals surface area contributed by atoms with Gasteiger partial charge in [-0.25, -0.2) is 10.5 Å². The van der Waals surface area contributed by atoms with E-state index in [0.717, 1.165) is 6.07 Å². The number of methoxy groups -OCH3 is 1. The number of allylic oxidation sites excluding steroid dienone is 1. The van der Waals surface area contributed by atoms with Crippen LogP contribution in [0, 0.1) is 0 Å². The van der Waals surface area contributed by atoms with E-state index in [1.807, 2.05) is 0 Å². The summed E-state index contributed by atoms with van der Waals surface area (Å²) < 4.78 is 59.3. The predicted octanol–water partition coefficient (Wildman–Crippen LogP) is 7.69. The molecule has 4 aromatic carbocycles. The topological polar surface area (TPSA) is 238 Å². The molecule has 256 valence electrons. The number of fused-ring (bicyclic) bond motifs is 2. The van der Waals surface area contributed by atoms with Crippen LogP contribution in [0.1, 0.15) is 6.92 Å². The minimum atomic E-state index is -4.66. The first-order valence-corrected chi connectivity index (χ1v) is 16.3. The van der Waals surface area contributed by atoms with Crippen LogP contribution < -0.4 is 14.8 Å². The van der Waals surface area contributed by atoms with Crippen molar-refractivity contribution in [2.75, 3.05) is 19.2 Å². The van der Waals surface area contributed by atoms with E-state index >= 15 is 0 Å². The van der Waals surface area contributed by atoms with Gasteiger partial charge in [-0.05, 0) is 66.9 Å². The molecular weight excluding hydrogens is 711 g/mol. The maximum atomic E-state index is 13.3. The van der Waals surface area contributed by atoms with Crippen LogP contribution in [0.4, 0.5) is 22.7 Å². The predicted molar refractivity (Wildman–Crippen MR) is 171 cm³/mol. The van der Waals surface area contributed by atoms with Crippen LogP contribution in [0.3, 0.4) is 0 Å². The normalized spacial score (nSPS) is 13.3. The van der Waals surface area contributed by atoms with Crippen molar-refractivity contribution >= 4 is 73.6 Å². The fraction of sp³-hybridized carbons (Fsp3) is 0.107. The molecule has 0 unspecified atom stereocenters. The van der Waals surface area contributed by atoms with Crippen LogP contribution >= 0.6 is 24.1 Å². The first-order chi connectivity index (χ1) is 23.6.